The van der Waals surface area contributed by atoms with E-state index in [1.807, 2.05) is 24.3 Å². The predicted molar refractivity (Wildman–Crippen MR) is 113 cm³/mol. The number of rotatable bonds is 3. The van der Waals surface area contributed by atoms with Crippen LogP contribution in [0.25, 0.3) is 22.4 Å². The number of ether oxygens (including phenoxy) is 1. The summed E-state index contributed by atoms with van der Waals surface area (Å²) in [6.07, 6.45) is 1.01. The highest BCUT2D eigenvalue weighted by Gasteiger charge is 2.24. The van der Waals surface area contributed by atoms with Crippen LogP contribution in [-0.4, -0.2) is 22.9 Å². The van der Waals surface area contributed by atoms with Crippen molar-refractivity contribution in [1.29, 1.82) is 0 Å². The number of aromatic nitrogens is 1. The molecule has 0 saturated heterocycles. The summed E-state index contributed by atoms with van der Waals surface area (Å²) in [7, 11) is 0. The fourth-order valence-electron chi connectivity index (χ4n) is 3.40. The topological polar surface area (TPSA) is 93.5 Å². The second-order valence-electron chi connectivity index (χ2n) is 6.96. The second-order valence-corrected chi connectivity index (χ2v) is 6.96. The zero-order valence-corrected chi connectivity index (χ0v) is 16.0. The van der Waals surface area contributed by atoms with E-state index in [9.17, 15) is 9.59 Å². The van der Waals surface area contributed by atoms with E-state index >= 15 is 0 Å². The van der Waals surface area contributed by atoms with E-state index in [-0.39, 0.29) is 11.8 Å². The molecule has 0 spiro atoms. The Kier molecular flexibility index (Phi) is 4.21. The smallest absolute Gasteiger partial charge is 0.265 e. The number of nitrogens with zero attached hydrogens (tertiary/aromatic N) is 1. The molecule has 7 nitrogen and oxygen atoms in total. The van der Waals surface area contributed by atoms with Gasteiger partial charge in [-0.1, -0.05) is 18.2 Å². The van der Waals surface area contributed by atoms with Crippen LogP contribution in [0.2, 0.25) is 0 Å². The van der Waals surface area contributed by atoms with E-state index in [2.05, 4.69) is 15.6 Å². The number of hydrogen-bond donors (Lipinski definition) is 2. The van der Waals surface area contributed by atoms with Crippen LogP contribution in [0.1, 0.15) is 17.3 Å². The molecule has 7 heteroatoms. The molecular weight excluding hydrogens is 382 g/mol. The maximum absolute atomic E-state index is 13.1. The molecule has 148 valence electrons. The highest BCUT2D eigenvalue weighted by molar-refractivity contribution is 6.13. The molecular formula is C23H17N3O4. The Morgan fingerprint density at radius 3 is 2.80 bits per heavy atom. The van der Waals surface area contributed by atoms with Gasteiger partial charge in [0.05, 0.1) is 23.0 Å². The van der Waals surface area contributed by atoms with E-state index < -0.39 is 6.10 Å². The molecule has 3 heterocycles. The zero-order chi connectivity index (χ0) is 20.7. The van der Waals surface area contributed by atoms with Crippen molar-refractivity contribution < 1.29 is 18.7 Å². The minimum atomic E-state index is -0.554. The third-order valence-corrected chi connectivity index (χ3v) is 4.90. The maximum atomic E-state index is 13.1. The Balaban J connectivity index is 1.51. The van der Waals surface area contributed by atoms with E-state index in [0.29, 0.717) is 39.7 Å². The minimum Gasteiger partial charge on any atom is -0.479 e. The monoisotopic (exact) mass is 399 g/mol. The summed E-state index contributed by atoms with van der Waals surface area (Å²) in [4.78, 5) is 29.6. The van der Waals surface area contributed by atoms with Gasteiger partial charge in [0.15, 0.2) is 11.9 Å². The van der Waals surface area contributed by atoms with Gasteiger partial charge in [0, 0.05) is 11.1 Å². The van der Waals surface area contributed by atoms with Gasteiger partial charge in [0.25, 0.3) is 11.8 Å². The molecule has 0 unspecified atom stereocenters. The van der Waals surface area contributed by atoms with Crippen LogP contribution < -0.4 is 15.4 Å². The normalized spacial score (nSPS) is 15.2. The Labute approximate surface area is 171 Å². The van der Waals surface area contributed by atoms with Gasteiger partial charge < -0.3 is 19.8 Å². The number of nitrogens with one attached hydrogen (secondary N) is 2. The van der Waals surface area contributed by atoms with Crippen LogP contribution >= 0.6 is 0 Å². The van der Waals surface area contributed by atoms with E-state index in [1.165, 1.54) is 0 Å². The van der Waals surface area contributed by atoms with Gasteiger partial charge in [-0.25, -0.2) is 4.98 Å². The number of amides is 2. The van der Waals surface area contributed by atoms with Gasteiger partial charge in [-0.2, -0.15) is 0 Å². The van der Waals surface area contributed by atoms with E-state index in [4.69, 9.17) is 9.15 Å². The first-order valence-corrected chi connectivity index (χ1v) is 9.45. The van der Waals surface area contributed by atoms with Crippen molar-refractivity contribution in [1.82, 2.24) is 4.98 Å². The average Bonchev–Trinajstić information content (AvgIpc) is 3.29. The molecule has 0 saturated carbocycles. The molecule has 2 aromatic heterocycles. The molecule has 0 aliphatic carbocycles. The number of pyridine rings is 1. The lowest BCUT2D eigenvalue weighted by atomic mass is 10.1. The third kappa shape index (κ3) is 3.16. The number of para-hydroxylation sites is 1. The summed E-state index contributed by atoms with van der Waals surface area (Å²) in [5.41, 5.74) is 2.80. The molecule has 5 rings (SSSR count). The van der Waals surface area contributed by atoms with Gasteiger partial charge in [0.2, 0.25) is 0 Å². The molecule has 1 aliphatic rings. The molecule has 2 N–H and O–H groups in total. The fourth-order valence-corrected chi connectivity index (χ4v) is 3.40. The van der Waals surface area contributed by atoms with Gasteiger partial charge >= 0.3 is 0 Å². The number of carbonyl (C=O) groups is 2. The molecule has 1 atom stereocenters. The first-order chi connectivity index (χ1) is 14.6. The lowest BCUT2D eigenvalue weighted by Gasteiger charge is -2.23. The zero-order valence-electron chi connectivity index (χ0n) is 16.0. The number of anilines is 2. The van der Waals surface area contributed by atoms with Crippen molar-refractivity contribution in [3.8, 4) is 17.2 Å². The number of benzene rings is 2. The van der Waals surface area contributed by atoms with Crippen LogP contribution in [0.15, 0.2) is 71.3 Å². The summed E-state index contributed by atoms with van der Waals surface area (Å²) >= 11 is 0. The van der Waals surface area contributed by atoms with Gasteiger partial charge in [-0.05, 0) is 49.4 Å². The molecule has 0 fully saturated rings. The van der Waals surface area contributed by atoms with Crippen LogP contribution in [-0.2, 0) is 4.79 Å². The number of carbonyl (C=O) groups excluding carboxylic acids is 2. The average molecular weight is 399 g/mol. The van der Waals surface area contributed by atoms with Gasteiger partial charge in [-0.15, -0.1) is 0 Å². The SMILES string of the molecule is C[C@H]1Oc2ccc(NC(=O)c3cc(-c4ccco4)nc4ccccc34)cc2NC1=O. The van der Waals surface area contributed by atoms with E-state index in [1.54, 1.807) is 49.6 Å². The van der Waals surface area contributed by atoms with Crippen molar-refractivity contribution >= 4 is 34.1 Å². The quantitative estimate of drug-likeness (QED) is 0.530. The summed E-state index contributed by atoms with van der Waals surface area (Å²) in [6, 6.07) is 17.8. The van der Waals surface area contributed by atoms with E-state index in [0.717, 1.165) is 5.39 Å². The number of fused-ring (bicyclic) bond motifs is 2. The predicted octanol–water partition coefficient (Wildman–Crippen LogP) is 4.47. The van der Waals surface area contributed by atoms with Crippen molar-refractivity contribution in [2.75, 3.05) is 10.6 Å². The fraction of sp³-hybridized carbons (Fsp3) is 0.0870. The van der Waals surface area contributed by atoms with Gasteiger partial charge in [-0.3, -0.25) is 9.59 Å². The highest BCUT2D eigenvalue weighted by Crippen LogP contribution is 2.33. The molecule has 2 amide bonds. The minimum absolute atomic E-state index is 0.228. The van der Waals surface area contributed by atoms with Gasteiger partial charge in [0.1, 0.15) is 11.4 Å². The lowest BCUT2D eigenvalue weighted by Crippen LogP contribution is -2.34. The van der Waals surface area contributed by atoms with Crippen molar-refractivity contribution in [3.05, 3.63) is 72.5 Å². The Hall–Kier alpha value is -4.13. The second kappa shape index (κ2) is 7.04. The molecule has 30 heavy (non-hydrogen) atoms. The molecule has 1 aliphatic heterocycles. The standard InChI is InChI=1S/C23H17N3O4/c1-13-22(27)26-18-11-14(8-9-21(18)30-13)24-23(28)16-12-19(20-7-4-10-29-20)25-17-6-3-2-5-15(16)17/h2-13H,1H3,(H,24,28)(H,26,27)/t13-/m1/s1. The molecule has 0 radical (unpaired) electrons. The first kappa shape index (κ1) is 17.9. The molecule has 2 aromatic carbocycles. The number of furan rings is 1. The van der Waals surface area contributed by atoms with Crippen LogP contribution in [0.4, 0.5) is 11.4 Å². The summed E-state index contributed by atoms with van der Waals surface area (Å²) in [5, 5.41) is 6.41. The van der Waals surface area contributed by atoms with Crippen molar-refractivity contribution in [3.63, 3.8) is 0 Å². The summed E-state index contributed by atoms with van der Waals surface area (Å²) < 4.78 is 11.0. The largest absolute Gasteiger partial charge is 0.479 e. The first-order valence-electron chi connectivity index (χ1n) is 9.45. The van der Waals surface area contributed by atoms with Crippen LogP contribution in [0, 0.1) is 0 Å². The van der Waals surface area contributed by atoms with Crippen molar-refractivity contribution in [2.24, 2.45) is 0 Å². The summed E-state index contributed by atoms with van der Waals surface area (Å²) in [5.74, 6) is 0.624. The lowest BCUT2D eigenvalue weighted by molar-refractivity contribution is -0.122. The maximum Gasteiger partial charge on any atom is 0.265 e. The third-order valence-electron chi connectivity index (χ3n) is 4.90. The van der Waals surface area contributed by atoms with Crippen LogP contribution in [0.3, 0.4) is 0 Å². The molecule has 0 bridgehead atoms. The Morgan fingerprint density at radius 2 is 1.97 bits per heavy atom. The number of hydrogen-bond acceptors (Lipinski definition) is 5. The Morgan fingerprint density at radius 1 is 1.10 bits per heavy atom. The Bertz CT molecular complexity index is 1280. The highest BCUT2D eigenvalue weighted by atomic mass is 16.5. The van der Waals surface area contributed by atoms with Crippen molar-refractivity contribution in [2.45, 2.75) is 13.0 Å². The van der Waals surface area contributed by atoms with Crippen LogP contribution in [0.5, 0.6) is 5.75 Å². The molecule has 4 aromatic rings. The summed E-state index contributed by atoms with van der Waals surface area (Å²) in [6.45, 7) is 1.68.